The van der Waals surface area contributed by atoms with E-state index in [0.29, 0.717) is 6.54 Å². The van der Waals surface area contributed by atoms with E-state index in [4.69, 9.17) is 11.5 Å². The van der Waals surface area contributed by atoms with Gasteiger partial charge in [0.05, 0.1) is 11.7 Å². The van der Waals surface area contributed by atoms with Crippen molar-refractivity contribution in [1.82, 2.24) is 10.2 Å². The Morgan fingerprint density at radius 1 is 1.45 bits per heavy atom. The molecule has 0 saturated heterocycles. The van der Waals surface area contributed by atoms with Gasteiger partial charge in [-0.1, -0.05) is 0 Å². The van der Waals surface area contributed by atoms with E-state index in [0.717, 1.165) is 9.39 Å². The highest BCUT2D eigenvalue weighted by molar-refractivity contribution is 14.1. The maximum Gasteiger partial charge on any atom is 0.124 e. The molecular weight excluding hydrogens is 255 g/mol. The molecule has 11 heavy (non-hydrogen) atoms. The Hall–Kier alpha value is -0.270. The van der Waals surface area contributed by atoms with Gasteiger partial charge in [0.15, 0.2) is 0 Å². The van der Waals surface area contributed by atoms with Crippen molar-refractivity contribution in [3.05, 3.63) is 21.5 Å². The number of hydrogen-bond acceptors (Lipinski definition) is 4. The van der Waals surface area contributed by atoms with Crippen LogP contribution in [0.2, 0.25) is 0 Å². The molecule has 0 aliphatic heterocycles. The van der Waals surface area contributed by atoms with Gasteiger partial charge < -0.3 is 11.5 Å². The lowest BCUT2D eigenvalue weighted by molar-refractivity contribution is 0.690. The Kier molecular flexibility index (Phi) is 3.16. The summed E-state index contributed by atoms with van der Waals surface area (Å²) in [6, 6.07) is 3.50. The summed E-state index contributed by atoms with van der Waals surface area (Å²) in [7, 11) is 0. The fourth-order valence-corrected chi connectivity index (χ4v) is 0.932. The quantitative estimate of drug-likeness (QED) is 0.739. The highest BCUT2D eigenvalue weighted by atomic mass is 127. The minimum absolute atomic E-state index is 0.195. The molecule has 1 unspecified atom stereocenters. The molecule has 1 aromatic heterocycles. The number of nitrogens with zero attached hydrogens (tertiary/aromatic N) is 2. The number of rotatable bonds is 2. The molecule has 0 bridgehead atoms. The molecule has 1 rings (SSSR count). The molecule has 4 N–H and O–H groups in total. The zero-order chi connectivity index (χ0) is 8.27. The van der Waals surface area contributed by atoms with Crippen LogP contribution in [0, 0.1) is 3.70 Å². The first kappa shape index (κ1) is 8.82. The third-order valence-corrected chi connectivity index (χ3v) is 1.86. The molecule has 0 spiro atoms. The maximum absolute atomic E-state index is 5.61. The van der Waals surface area contributed by atoms with E-state index < -0.39 is 0 Å². The fourth-order valence-electron chi connectivity index (χ4n) is 0.645. The molecule has 0 aliphatic carbocycles. The summed E-state index contributed by atoms with van der Waals surface area (Å²) in [5, 5.41) is 7.74. The summed E-state index contributed by atoms with van der Waals surface area (Å²) in [5.74, 6) is 0. The molecule has 0 saturated carbocycles. The van der Waals surface area contributed by atoms with Crippen LogP contribution in [0.15, 0.2) is 12.1 Å². The number of halogens is 1. The third kappa shape index (κ3) is 2.35. The lowest BCUT2D eigenvalue weighted by Gasteiger charge is -2.05. The first-order valence-electron chi connectivity index (χ1n) is 3.19. The SMILES string of the molecule is NCC(N)c1ccc(I)nn1. The maximum atomic E-state index is 5.61. The molecule has 0 fully saturated rings. The van der Waals surface area contributed by atoms with Crippen LogP contribution in [0.5, 0.6) is 0 Å². The first-order chi connectivity index (χ1) is 5.24. The average molecular weight is 264 g/mol. The van der Waals surface area contributed by atoms with Gasteiger partial charge in [-0.05, 0) is 34.7 Å². The zero-order valence-electron chi connectivity index (χ0n) is 5.87. The van der Waals surface area contributed by atoms with Crippen LogP contribution in [0.25, 0.3) is 0 Å². The van der Waals surface area contributed by atoms with Crippen molar-refractivity contribution in [3.63, 3.8) is 0 Å². The Labute approximate surface area is 78.5 Å². The van der Waals surface area contributed by atoms with Crippen LogP contribution in [0.1, 0.15) is 11.7 Å². The zero-order valence-corrected chi connectivity index (χ0v) is 8.02. The van der Waals surface area contributed by atoms with E-state index in [1.807, 2.05) is 12.1 Å². The highest BCUT2D eigenvalue weighted by Gasteiger charge is 2.04. The molecule has 0 aromatic carbocycles. The summed E-state index contributed by atoms with van der Waals surface area (Å²) in [4.78, 5) is 0. The minimum atomic E-state index is -0.195. The van der Waals surface area contributed by atoms with Gasteiger partial charge in [-0.15, -0.1) is 5.10 Å². The van der Waals surface area contributed by atoms with Crippen LogP contribution in [0.4, 0.5) is 0 Å². The number of aromatic nitrogens is 2. The van der Waals surface area contributed by atoms with Crippen molar-refractivity contribution < 1.29 is 0 Å². The predicted octanol–water partition coefficient (Wildman–Crippen LogP) is 0.0397. The third-order valence-electron chi connectivity index (χ3n) is 1.29. The summed E-state index contributed by atoms with van der Waals surface area (Å²) < 4.78 is 0.857. The van der Waals surface area contributed by atoms with Crippen LogP contribution < -0.4 is 11.5 Å². The van der Waals surface area contributed by atoms with Crippen LogP contribution in [-0.2, 0) is 0 Å². The molecule has 0 radical (unpaired) electrons. The van der Waals surface area contributed by atoms with Crippen molar-refractivity contribution in [2.24, 2.45) is 11.5 Å². The molecule has 60 valence electrons. The molecule has 0 aliphatic rings. The van der Waals surface area contributed by atoms with Crippen molar-refractivity contribution in [1.29, 1.82) is 0 Å². The van der Waals surface area contributed by atoms with Crippen LogP contribution >= 0.6 is 22.6 Å². The Morgan fingerprint density at radius 3 is 2.64 bits per heavy atom. The normalized spacial score (nSPS) is 13.0. The van der Waals surface area contributed by atoms with E-state index >= 15 is 0 Å². The van der Waals surface area contributed by atoms with Crippen molar-refractivity contribution in [3.8, 4) is 0 Å². The van der Waals surface area contributed by atoms with Crippen LogP contribution in [-0.4, -0.2) is 16.7 Å². The second kappa shape index (κ2) is 3.93. The summed E-state index contributed by atoms with van der Waals surface area (Å²) in [5.41, 5.74) is 11.7. The molecule has 4 nitrogen and oxygen atoms in total. The van der Waals surface area contributed by atoms with Gasteiger partial charge in [-0.25, -0.2) is 0 Å². The second-order valence-corrected chi connectivity index (χ2v) is 3.23. The van der Waals surface area contributed by atoms with E-state index in [2.05, 4.69) is 32.8 Å². The lowest BCUT2D eigenvalue weighted by Crippen LogP contribution is -2.22. The Bertz CT molecular complexity index is 223. The number of hydrogen-bond donors (Lipinski definition) is 2. The van der Waals surface area contributed by atoms with Gasteiger partial charge in [0, 0.05) is 6.54 Å². The Balaban J connectivity index is 2.81. The van der Waals surface area contributed by atoms with Crippen molar-refractivity contribution in [2.75, 3.05) is 6.54 Å². The van der Waals surface area contributed by atoms with E-state index in [1.54, 1.807) is 0 Å². The molecule has 1 heterocycles. The topological polar surface area (TPSA) is 77.8 Å². The smallest absolute Gasteiger partial charge is 0.124 e. The Morgan fingerprint density at radius 2 is 2.18 bits per heavy atom. The van der Waals surface area contributed by atoms with Gasteiger partial charge in [-0.3, -0.25) is 0 Å². The van der Waals surface area contributed by atoms with E-state index in [9.17, 15) is 0 Å². The van der Waals surface area contributed by atoms with Gasteiger partial charge in [0.2, 0.25) is 0 Å². The van der Waals surface area contributed by atoms with Gasteiger partial charge in [0.25, 0.3) is 0 Å². The molecular formula is C6H9IN4. The van der Waals surface area contributed by atoms with E-state index in [-0.39, 0.29) is 6.04 Å². The average Bonchev–Trinajstić information content (AvgIpc) is 2.05. The summed E-state index contributed by atoms with van der Waals surface area (Å²) >= 11 is 2.09. The monoisotopic (exact) mass is 264 g/mol. The van der Waals surface area contributed by atoms with Gasteiger partial charge >= 0.3 is 0 Å². The van der Waals surface area contributed by atoms with Crippen molar-refractivity contribution >= 4 is 22.6 Å². The van der Waals surface area contributed by atoms with Crippen LogP contribution in [0.3, 0.4) is 0 Å². The highest BCUT2D eigenvalue weighted by Crippen LogP contribution is 2.05. The molecule has 1 atom stereocenters. The molecule has 1 aromatic rings. The lowest BCUT2D eigenvalue weighted by atomic mass is 10.2. The van der Waals surface area contributed by atoms with Gasteiger partial charge in [0.1, 0.15) is 3.70 Å². The van der Waals surface area contributed by atoms with Crippen molar-refractivity contribution in [2.45, 2.75) is 6.04 Å². The van der Waals surface area contributed by atoms with Gasteiger partial charge in [-0.2, -0.15) is 5.10 Å². The first-order valence-corrected chi connectivity index (χ1v) is 4.26. The largest absolute Gasteiger partial charge is 0.329 e. The number of nitrogens with two attached hydrogens (primary N) is 2. The standard InChI is InChI=1S/C6H9IN4/c7-6-2-1-5(10-11-6)4(9)3-8/h1-2,4H,3,8-9H2. The minimum Gasteiger partial charge on any atom is -0.329 e. The molecule has 0 amide bonds. The summed E-state index contributed by atoms with van der Waals surface area (Å²) in [6.45, 7) is 0.398. The fraction of sp³-hybridized carbons (Fsp3) is 0.333. The summed E-state index contributed by atoms with van der Waals surface area (Å²) in [6.07, 6.45) is 0. The second-order valence-electron chi connectivity index (χ2n) is 2.12. The van der Waals surface area contributed by atoms with E-state index in [1.165, 1.54) is 0 Å². The molecule has 5 heteroatoms. The predicted molar refractivity (Wildman–Crippen MR) is 50.7 cm³/mol.